The van der Waals surface area contributed by atoms with Crippen molar-refractivity contribution in [3.05, 3.63) is 33.9 Å². The number of anilines is 1. The Morgan fingerprint density at radius 2 is 2.23 bits per heavy atom. The third-order valence-electron chi connectivity index (χ3n) is 4.55. The van der Waals surface area contributed by atoms with Crippen molar-refractivity contribution in [2.24, 2.45) is 5.92 Å². The minimum absolute atomic E-state index is 0.0593. The number of hydrogen-bond acceptors (Lipinski definition) is 4. The van der Waals surface area contributed by atoms with Crippen LogP contribution in [0.2, 0.25) is 0 Å². The molecule has 0 bridgehead atoms. The van der Waals surface area contributed by atoms with Gasteiger partial charge in [-0.1, -0.05) is 0 Å². The van der Waals surface area contributed by atoms with Gasteiger partial charge in [0.15, 0.2) is 0 Å². The molecule has 0 radical (unpaired) electrons. The molecule has 2 aliphatic heterocycles. The van der Waals surface area contributed by atoms with E-state index in [1.807, 2.05) is 19.9 Å². The first-order valence-corrected chi connectivity index (χ1v) is 7.81. The van der Waals surface area contributed by atoms with Gasteiger partial charge in [0.05, 0.1) is 10.8 Å². The Bertz CT molecular complexity index is 615. The first-order chi connectivity index (χ1) is 10.5. The Morgan fingerprint density at radius 3 is 2.91 bits per heavy atom. The third kappa shape index (κ3) is 2.53. The van der Waals surface area contributed by atoms with Gasteiger partial charge in [-0.3, -0.25) is 14.9 Å². The van der Waals surface area contributed by atoms with Gasteiger partial charge in [-0.15, -0.1) is 0 Å². The number of rotatable bonds is 3. The van der Waals surface area contributed by atoms with E-state index in [0.717, 1.165) is 30.6 Å². The molecule has 1 saturated heterocycles. The number of nitrogens with one attached hydrogen (secondary N) is 1. The van der Waals surface area contributed by atoms with Crippen LogP contribution >= 0.6 is 0 Å². The number of amides is 1. The highest BCUT2D eigenvalue weighted by molar-refractivity contribution is 5.82. The van der Waals surface area contributed by atoms with E-state index >= 15 is 0 Å². The van der Waals surface area contributed by atoms with E-state index < -0.39 is 0 Å². The van der Waals surface area contributed by atoms with Crippen molar-refractivity contribution in [1.82, 2.24) is 5.32 Å². The van der Waals surface area contributed by atoms with Crippen LogP contribution in [0.15, 0.2) is 18.2 Å². The average Bonchev–Trinajstić information content (AvgIpc) is 2.94. The quantitative estimate of drug-likeness (QED) is 0.686. The summed E-state index contributed by atoms with van der Waals surface area (Å²) in [6, 6.07) is 5.34. The van der Waals surface area contributed by atoms with Gasteiger partial charge in [0, 0.05) is 36.4 Å². The number of carbonyl (C=O) groups is 1. The van der Waals surface area contributed by atoms with Crippen molar-refractivity contribution in [3.63, 3.8) is 0 Å². The summed E-state index contributed by atoms with van der Waals surface area (Å²) in [7, 11) is 0. The van der Waals surface area contributed by atoms with Crippen molar-refractivity contribution in [1.29, 1.82) is 0 Å². The Hall–Kier alpha value is -2.11. The van der Waals surface area contributed by atoms with Crippen LogP contribution in [0.3, 0.4) is 0 Å². The SMILES string of the molecule is CC(C)NC(=O)C1Cc2cc([N+](=O)[O-])ccc2N2CCCC12. The highest BCUT2D eigenvalue weighted by Gasteiger charge is 2.41. The zero-order valence-electron chi connectivity index (χ0n) is 12.9. The molecule has 2 atom stereocenters. The molecule has 0 saturated carbocycles. The summed E-state index contributed by atoms with van der Waals surface area (Å²) in [5, 5.41) is 14.0. The van der Waals surface area contributed by atoms with Crippen molar-refractivity contribution in [2.45, 2.75) is 45.2 Å². The summed E-state index contributed by atoms with van der Waals surface area (Å²) < 4.78 is 0. The molecule has 3 rings (SSSR count). The highest BCUT2D eigenvalue weighted by Crippen LogP contribution is 2.40. The molecule has 6 nitrogen and oxygen atoms in total. The molecule has 0 aromatic heterocycles. The average molecular weight is 303 g/mol. The van der Waals surface area contributed by atoms with E-state index in [4.69, 9.17) is 0 Å². The van der Waals surface area contributed by atoms with E-state index in [-0.39, 0.29) is 34.5 Å². The minimum Gasteiger partial charge on any atom is -0.368 e. The lowest BCUT2D eigenvalue weighted by Gasteiger charge is -2.39. The van der Waals surface area contributed by atoms with Crippen LogP contribution in [0.5, 0.6) is 0 Å². The van der Waals surface area contributed by atoms with Crippen LogP contribution < -0.4 is 10.2 Å². The summed E-state index contributed by atoms with van der Waals surface area (Å²) in [6.07, 6.45) is 2.65. The zero-order chi connectivity index (χ0) is 15.9. The van der Waals surface area contributed by atoms with Gasteiger partial charge >= 0.3 is 0 Å². The topological polar surface area (TPSA) is 75.5 Å². The highest BCUT2D eigenvalue weighted by atomic mass is 16.6. The van der Waals surface area contributed by atoms with E-state index in [1.54, 1.807) is 12.1 Å². The molecule has 1 N–H and O–H groups in total. The van der Waals surface area contributed by atoms with Crippen LogP contribution in [0, 0.1) is 16.0 Å². The van der Waals surface area contributed by atoms with Crippen molar-refractivity contribution in [2.75, 3.05) is 11.4 Å². The van der Waals surface area contributed by atoms with Gasteiger partial charge in [-0.05, 0) is 44.7 Å². The van der Waals surface area contributed by atoms with Crippen molar-refractivity contribution < 1.29 is 9.72 Å². The number of benzene rings is 1. The maximum Gasteiger partial charge on any atom is 0.269 e. The lowest BCUT2D eigenvalue weighted by Crippen LogP contribution is -2.49. The summed E-state index contributed by atoms with van der Waals surface area (Å²) >= 11 is 0. The maximum atomic E-state index is 12.5. The number of fused-ring (bicyclic) bond motifs is 3. The molecule has 1 aromatic rings. The third-order valence-corrected chi connectivity index (χ3v) is 4.55. The molecule has 118 valence electrons. The fraction of sp³-hybridized carbons (Fsp3) is 0.562. The van der Waals surface area contributed by atoms with E-state index in [1.165, 1.54) is 0 Å². The summed E-state index contributed by atoms with van der Waals surface area (Å²) in [5.74, 6) is -0.0662. The molecule has 1 aromatic carbocycles. The molecule has 2 aliphatic rings. The monoisotopic (exact) mass is 303 g/mol. The van der Waals surface area contributed by atoms with Gasteiger partial charge in [0.25, 0.3) is 5.69 Å². The number of non-ortho nitro benzene ring substituents is 1. The minimum atomic E-state index is -0.375. The molecule has 1 amide bonds. The van der Waals surface area contributed by atoms with E-state index in [0.29, 0.717) is 6.42 Å². The Morgan fingerprint density at radius 1 is 1.45 bits per heavy atom. The molecule has 22 heavy (non-hydrogen) atoms. The summed E-state index contributed by atoms with van der Waals surface area (Å²) in [4.78, 5) is 25.4. The second-order valence-corrected chi connectivity index (χ2v) is 6.45. The lowest BCUT2D eigenvalue weighted by atomic mass is 9.84. The predicted molar refractivity (Wildman–Crippen MR) is 83.9 cm³/mol. The fourth-order valence-corrected chi connectivity index (χ4v) is 3.67. The second kappa shape index (κ2) is 5.59. The Kier molecular flexibility index (Phi) is 3.76. The van der Waals surface area contributed by atoms with Crippen molar-refractivity contribution in [3.8, 4) is 0 Å². The Balaban J connectivity index is 1.95. The van der Waals surface area contributed by atoms with Crippen LogP contribution in [-0.2, 0) is 11.2 Å². The van der Waals surface area contributed by atoms with E-state index in [2.05, 4.69) is 10.2 Å². The number of nitro benzene ring substituents is 1. The first kappa shape index (κ1) is 14.8. The lowest BCUT2D eigenvalue weighted by molar-refractivity contribution is -0.384. The van der Waals surface area contributed by atoms with E-state index in [9.17, 15) is 14.9 Å². The van der Waals surface area contributed by atoms with Crippen LogP contribution in [-0.4, -0.2) is 29.5 Å². The molecule has 2 unspecified atom stereocenters. The first-order valence-electron chi connectivity index (χ1n) is 7.81. The molecular formula is C16H21N3O3. The number of carbonyl (C=O) groups excluding carboxylic acids is 1. The maximum absolute atomic E-state index is 12.5. The largest absolute Gasteiger partial charge is 0.368 e. The fourth-order valence-electron chi connectivity index (χ4n) is 3.67. The van der Waals surface area contributed by atoms with Crippen molar-refractivity contribution >= 4 is 17.3 Å². The normalized spacial score (nSPS) is 23.1. The molecule has 1 fully saturated rings. The van der Waals surface area contributed by atoms with Gasteiger partial charge < -0.3 is 10.2 Å². The molecule has 0 spiro atoms. The smallest absolute Gasteiger partial charge is 0.269 e. The molecule has 6 heteroatoms. The zero-order valence-corrected chi connectivity index (χ0v) is 12.9. The summed E-state index contributed by atoms with van der Waals surface area (Å²) in [5.41, 5.74) is 2.07. The molecule has 2 heterocycles. The number of nitrogens with zero attached hydrogens (tertiary/aromatic N) is 2. The number of nitro groups is 1. The van der Waals surface area contributed by atoms with Gasteiger partial charge in [0.2, 0.25) is 5.91 Å². The van der Waals surface area contributed by atoms with Crippen LogP contribution in [0.25, 0.3) is 0 Å². The number of hydrogen-bond donors (Lipinski definition) is 1. The molecular weight excluding hydrogens is 282 g/mol. The van der Waals surface area contributed by atoms with Gasteiger partial charge in [-0.25, -0.2) is 0 Å². The summed E-state index contributed by atoms with van der Waals surface area (Å²) in [6.45, 7) is 4.82. The predicted octanol–water partition coefficient (Wildman–Crippen LogP) is 2.26. The van der Waals surface area contributed by atoms with Crippen LogP contribution in [0.4, 0.5) is 11.4 Å². The van der Waals surface area contributed by atoms with Crippen LogP contribution in [0.1, 0.15) is 32.3 Å². The van der Waals surface area contributed by atoms with Gasteiger partial charge in [0.1, 0.15) is 0 Å². The van der Waals surface area contributed by atoms with Gasteiger partial charge in [-0.2, -0.15) is 0 Å². The second-order valence-electron chi connectivity index (χ2n) is 6.45. The molecule has 0 aliphatic carbocycles. The Labute approximate surface area is 129 Å². The standard InChI is InChI=1S/C16H21N3O3/c1-10(2)17-16(20)13-9-11-8-12(19(21)22)5-6-14(11)18-7-3-4-15(13)18/h5-6,8,10,13,15H,3-4,7,9H2,1-2H3,(H,17,20).